The zero-order chi connectivity index (χ0) is 13.6. The standard InChI is InChI=1S/C12H14N2O3S/c1-2-3-4-8-12(15)14-10-6-5-7-11(9-10)18(13,16)17/h2-9H,1H3,(H,14,15)(H2,13,16,17)/b3-2+,8-4+. The van der Waals surface area contributed by atoms with Crippen LogP contribution in [0.5, 0.6) is 0 Å². The van der Waals surface area contributed by atoms with Gasteiger partial charge in [0, 0.05) is 11.8 Å². The van der Waals surface area contributed by atoms with Gasteiger partial charge in [0.15, 0.2) is 0 Å². The van der Waals surface area contributed by atoms with E-state index >= 15 is 0 Å². The number of anilines is 1. The van der Waals surface area contributed by atoms with Crippen LogP contribution in [0.3, 0.4) is 0 Å². The smallest absolute Gasteiger partial charge is 0.248 e. The van der Waals surface area contributed by atoms with Crippen molar-refractivity contribution in [3.8, 4) is 0 Å². The summed E-state index contributed by atoms with van der Waals surface area (Å²) in [5.41, 5.74) is 0.372. The maximum atomic E-state index is 11.4. The molecule has 0 unspecified atom stereocenters. The molecule has 0 saturated carbocycles. The topological polar surface area (TPSA) is 89.3 Å². The van der Waals surface area contributed by atoms with E-state index in [1.54, 1.807) is 24.3 Å². The SMILES string of the molecule is C/C=C/C=C/C(=O)Nc1cccc(S(N)(=O)=O)c1. The third kappa shape index (κ3) is 4.52. The zero-order valence-electron chi connectivity index (χ0n) is 9.83. The Labute approximate surface area is 106 Å². The zero-order valence-corrected chi connectivity index (χ0v) is 10.6. The highest BCUT2D eigenvalue weighted by Gasteiger charge is 2.08. The van der Waals surface area contributed by atoms with Crippen molar-refractivity contribution in [3.05, 3.63) is 48.6 Å². The number of carbonyl (C=O) groups excluding carboxylic acids is 1. The molecule has 0 aromatic heterocycles. The first-order chi connectivity index (χ1) is 8.43. The maximum Gasteiger partial charge on any atom is 0.248 e. The highest BCUT2D eigenvalue weighted by Crippen LogP contribution is 2.13. The van der Waals surface area contributed by atoms with Gasteiger partial charge in [-0.25, -0.2) is 13.6 Å². The van der Waals surface area contributed by atoms with Gasteiger partial charge in [-0.2, -0.15) is 0 Å². The predicted octanol–water partition coefficient (Wildman–Crippen LogP) is 1.40. The van der Waals surface area contributed by atoms with Crippen LogP contribution in [0.1, 0.15) is 6.92 Å². The van der Waals surface area contributed by atoms with Gasteiger partial charge in [-0.05, 0) is 25.1 Å². The number of benzene rings is 1. The quantitative estimate of drug-likeness (QED) is 0.637. The summed E-state index contributed by atoms with van der Waals surface area (Å²) >= 11 is 0. The number of hydrogen-bond donors (Lipinski definition) is 2. The molecule has 1 rings (SSSR count). The molecule has 1 amide bonds. The molecule has 0 aliphatic carbocycles. The van der Waals surface area contributed by atoms with Gasteiger partial charge in [0.05, 0.1) is 4.90 Å². The van der Waals surface area contributed by atoms with Gasteiger partial charge in [-0.3, -0.25) is 4.79 Å². The molecular weight excluding hydrogens is 252 g/mol. The number of carbonyl (C=O) groups is 1. The Kier molecular flexibility index (Phi) is 4.82. The van der Waals surface area contributed by atoms with Crippen LogP contribution in [0.4, 0.5) is 5.69 Å². The van der Waals surface area contributed by atoms with Crippen molar-refractivity contribution >= 4 is 21.6 Å². The molecule has 0 spiro atoms. The third-order valence-corrected chi connectivity index (χ3v) is 2.89. The minimum atomic E-state index is -3.76. The van der Waals surface area contributed by atoms with Gasteiger partial charge in [0.25, 0.3) is 0 Å². The van der Waals surface area contributed by atoms with E-state index in [4.69, 9.17) is 5.14 Å². The van der Waals surface area contributed by atoms with Crippen LogP contribution in [-0.2, 0) is 14.8 Å². The molecule has 1 aromatic rings. The number of rotatable bonds is 4. The molecule has 1 aromatic carbocycles. The van der Waals surface area contributed by atoms with Crippen molar-refractivity contribution in [1.29, 1.82) is 0 Å². The minimum Gasteiger partial charge on any atom is -0.322 e. The van der Waals surface area contributed by atoms with E-state index in [1.165, 1.54) is 24.3 Å². The molecule has 0 bridgehead atoms. The monoisotopic (exact) mass is 266 g/mol. The van der Waals surface area contributed by atoms with Crippen molar-refractivity contribution in [2.24, 2.45) is 5.14 Å². The average Bonchev–Trinajstić information content (AvgIpc) is 2.28. The maximum absolute atomic E-state index is 11.4. The predicted molar refractivity (Wildman–Crippen MR) is 70.4 cm³/mol. The fourth-order valence-electron chi connectivity index (χ4n) is 1.19. The van der Waals surface area contributed by atoms with Gasteiger partial charge < -0.3 is 5.32 Å². The summed E-state index contributed by atoms with van der Waals surface area (Å²) < 4.78 is 22.2. The lowest BCUT2D eigenvalue weighted by molar-refractivity contribution is -0.111. The second-order valence-electron chi connectivity index (χ2n) is 3.45. The number of allylic oxidation sites excluding steroid dienone is 3. The van der Waals surface area contributed by atoms with E-state index in [1.807, 2.05) is 6.92 Å². The number of primary sulfonamides is 1. The van der Waals surface area contributed by atoms with Crippen molar-refractivity contribution < 1.29 is 13.2 Å². The summed E-state index contributed by atoms with van der Waals surface area (Å²) in [6, 6.07) is 5.75. The van der Waals surface area contributed by atoms with Crippen molar-refractivity contribution in [2.45, 2.75) is 11.8 Å². The molecule has 0 saturated heterocycles. The second kappa shape index (κ2) is 6.13. The summed E-state index contributed by atoms with van der Waals surface area (Å²) in [5.74, 6) is -0.348. The Bertz CT molecular complexity index is 589. The fraction of sp³-hybridized carbons (Fsp3) is 0.0833. The van der Waals surface area contributed by atoms with Gasteiger partial charge in [0.2, 0.25) is 15.9 Å². The largest absolute Gasteiger partial charge is 0.322 e. The first kappa shape index (κ1) is 14.1. The Hall–Kier alpha value is -1.92. The lowest BCUT2D eigenvalue weighted by atomic mass is 10.3. The molecule has 0 atom stereocenters. The minimum absolute atomic E-state index is 0.0438. The molecule has 0 radical (unpaired) electrons. The number of sulfonamides is 1. The van der Waals surface area contributed by atoms with Crippen LogP contribution >= 0.6 is 0 Å². The van der Waals surface area contributed by atoms with Crippen molar-refractivity contribution in [1.82, 2.24) is 0 Å². The van der Waals surface area contributed by atoms with E-state index < -0.39 is 10.0 Å². The molecule has 3 N–H and O–H groups in total. The van der Waals surface area contributed by atoms with Crippen LogP contribution in [0.15, 0.2) is 53.5 Å². The molecule has 18 heavy (non-hydrogen) atoms. The van der Waals surface area contributed by atoms with Crippen LogP contribution in [0.25, 0.3) is 0 Å². The first-order valence-electron chi connectivity index (χ1n) is 5.16. The lowest BCUT2D eigenvalue weighted by Gasteiger charge is -2.04. The Balaban J connectivity index is 2.83. The van der Waals surface area contributed by atoms with Crippen LogP contribution in [-0.4, -0.2) is 14.3 Å². The Morgan fingerprint density at radius 3 is 2.67 bits per heavy atom. The van der Waals surface area contributed by atoms with Gasteiger partial charge >= 0.3 is 0 Å². The fourth-order valence-corrected chi connectivity index (χ4v) is 1.75. The average molecular weight is 266 g/mol. The van der Waals surface area contributed by atoms with E-state index in [0.717, 1.165) is 0 Å². The summed E-state index contributed by atoms with van der Waals surface area (Å²) in [4.78, 5) is 11.4. The van der Waals surface area contributed by atoms with E-state index in [0.29, 0.717) is 5.69 Å². The molecule has 5 nitrogen and oxygen atoms in total. The highest BCUT2D eigenvalue weighted by atomic mass is 32.2. The van der Waals surface area contributed by atoms with Gasteiger partial charge in [-0.1, -0.05) is 24.3 Å². The molecule has 6 heteroatoms. The molecule has 0 fully saturated rings. The molecular formula is C12H14N2O3S. The highest BCUT2D eigenvalue weighted by molar-refractivity contribution is 7.89. The number of nitrogens with one attached hydrogen (secondary N) is 1. The van der Waals surface area contributed by atoms with E-state index in [2.05, 4.69) is 5.32 Å². The van der Waals surface area contributed by atoms with E-state index in [-0.39, 0.29) is 10.8 Å². The van der Waals surface area contributed by atoms with Crippen LogP contribution < -0.4 is 10.5 Å². The van der Waals surface area contributed by atoms with Crippen LogP contribution in [0, 0.1) is 0 Å². The molecule has 0 aliphatic rings. The molecule has 96 valence electrons. The Morgan fingerprint density at radius 1 is 1.33 bits per heavy atom. The molecule has 0 aliphatic heterocycles. The number of nitrogens with two attached hydrogens (primary N) is 1. The Morgan fingerprint density at radius 2 is 2.06 bits per heavy atom. The first-order valence-corrected chi connectivity index (χ1v) is 6.71. The van der Waals surface area contributed by atoms with Gasteiger partial charge in [-0.15, -0.1) is 0 Å². The number of hydrogen-bond acceptors (Lipinski definition) is 3. The summed E-state index contributed by atoms with van der Waals surface area (Å²) in [6.07, 6.45) is 6.41. The summed E-state index contributed by atoms with van der Waals surface area (Å²) in [5, 5.41) is 7.52. The van der Waals surface area contributed by atoms with Crippen LogP contribution in [0.2, 0.25) is 0 Å². The lowest BCUT2D eigenvalue weighted by Crippen LogP contribution is -2.13. The second-order valence-corrected chi connectivity index (χ2v) is 5.01. The summed E-state index contributed by atoms with van der Waals surface area (Å²) in [6.45, 7) is 1.83. The normalized spacial score (nSPS) is 12.1. The number of amides is 1. The van der Waals surface area contributed by atoms with E-state index in [9.17, 15) is 13.2 Å². The third-order valence-electron chi connectivity index (χ3n) is 1.98. The summed E-state index contributed by atoms with van der Waals surface area (Å²) in [7, 11) is -3.76. The van der Waals surface area contributed by atoms with Crippen molar-refractivity contribution in [3.63, 3.8) is 0 Å². The van der Waals surface area contributed by atoms with Gasteiger partial charge in [0.1, 0.15) is 0 Å². The molecule has 0 heterocycles. The van der Waals surface area contributed by atoms with Crippen molar-refractivity contribution in [2.75, 3.05) is 5.32 Å².